The molecular weight excluding hydrogens is 176 g/mol. The third-order valence-corrected chi connectivity index (χ3v) is 3.56. The maximum atomic E-state index is 4.48. The number of nitrogens with zero attached hydrogens (tertiary/aromatic N) is 2. The van der Waals surface area contributed by atoms with Gasteiger partial charge >= 0.3 is 0 Å². The Labute approximate surface area is 84.8 Å². The summed E-state index contributed by atoms with van der Waals surface area (Å²) in [5, 5.41) is 6.97. The molecule has 4 nitrogen and oxygen atoms in total. The molecule has 0 radical (unpaired) electrons. The average molecular weight is 194 g/mol. The van der Waals surface area contributed by atoms with Crippen LogP contribution in [0, 0.1) is 5.92 Å². The number of rotatable bonds is 0. The van der Waals surface area contributed by atoms with Gasteiger partial charge in [0.15, 0.2) is 5.96 Å². The molecule has 78 valence electrons. The van der Waals surface area contributed by atoms with Gasteiger partial charge < -0.3 is 15.5 Å². The van der Waals surface area contributed by atoms with E-state index in [0.717, 1.165) is 31.5 Å². The summed E-state index contributed by atoms with van der Waals surface area (Å²) in [4.78, 5) is 6.90. The Balaban J connectivity index is 1.67. The second-order valence-electron chi connectivity index (χ2n) is 4.50. The van der Waals surface area contributed by atoms with Crippen molar-refractivity contribution in [3.05, 3.63) is 0 Å². The third kappa shape index (κ3) is 1.38. The van der Waals surface area contributed by atoms with Crippen LogP contribution in [0.5, 0.6) is 0 Å². The number of guanidine groups is 1. The van der Waals surface area contributed by atoms with E-state index in [1.807, 2.05) is 0 Å². The van der Waals surface area contributed by atoms with Crippen LogP contribution in [0.25, 0.3) is 0 Å². The van der Waals surface area contributed by atoms with E-state index in [1.165, 1.54) is 25.9 Å². The van der Waals surface area contributed by atoms with Crippen LogP contribution in [0.2, 0.25) is 0 Å². The number of piperidine rings is 1. The van der Waals surface area contributed by atoms with Crippen molar-refractivity contribution in [2.45, 2.75) is 18.9 Å². The first-order valence-electron chi connectivity index (χ1n) is 5.70. The smallest absolute Gasteiger partial charge is 0.194 e. The zero-order valence-corrected chi connectivity index (χ0v) is 8.50. The lowest BCUT2D eigenvalue weighted by molar-refractivity contribution is 0.339. The van der Waals surface area contributed by atoms with Crippen molar-refractivity contribution in [2.75, 3.05) is 32.7 Å². The van der Waals surface area contributed by atoms with Crippen molar-refractivity contribution in [3.8, 4) is 0 Å². The number of hydrogen-bond acceptors (Lipinski definition) is 4. The van der Waals surface area contributed by atoms with Gasteiger partial charge in [-0.2, -0.15) is 0 Å². The first-order chi connectivity index (χ1) is 6.93. The molecule has 2 unspecified atom stereocenters. The van der Waals surface area contributed by atoms with Gasteiger partial charge in [-0.15, -0.1) is 0 Å². The second-order valence-corrected chi connectivity index (χ2v) is 4.50. The lowest BCUT2D eigenvalue weighted by atomic mass is 9.94. The van der Waals surface area contributed by atoms with E-state index in [9.17, 15) is 0 Å². The molecular formula is C10H18N4. The summed E-state index contributed by atoms with van der Waals surface area (Å²) in [6.07, 6.45) is 2.73. The fourth-order valence-electron chi connectivity index (χ4n) is 2.82. The lowest BCUT2D eigenvalue weighted by Gasteiger charge is -2.24. The lowest BCUT2D eigenvalue weighted by Crippen LogP contribution is -2.42. The fourth-order valence-corrected chi connectivity index (χ4v) is 2.82. The predicted molar refractivity (Wildman–Crippen MR) is 56.4 cm³/mol. The van der Waals surface area contributed by atoms with Crippen LogP contribution in [0.1, 0.15) is 12.8 Å². The zero-order valence-electron chi connectivity index (χ0n) is 8.50. The summed E-state index contributed by atoms with van der Waals surface area (Å²) in [7, 11) is 0. The molecule has 4 heteroatoms. The van der Waals surface area contributed by atoms with Gasteiger partial charge in [0, 0.05) is 25.7 Å². The van der Waals surface area contributed by atoms with Gasteiger partial charge in [0.25, 0.3) is 0 Å². The van der Waals surface area contributed by atoms with Crippen molar-refractivity contribution in [3.63, 3.8) is 0 Å². The molecule has 0 saturated carbocycles. The van der Waals surface area contributed by atoms with E-state index in [1.54, 1.807) is 0 Å². The van der Waals surface area contributed by atoms with Gasteiger partial charge in [0.2, 0.25) is 0 Å². The Morgan fingerprint density at radius 3 is 3.07 bits per heavy atom. The largest absolute Gasteiger partial charge is 0.354 e. The Kier molecular flexibility index (Phi) is 2.09. The van der Waals surface area contributed by atoms with E-state index in [2.05, 4.69) is 20.5 Å². The maximum absolute atomic E-state index is 4.48. The highest BCUT2D eigenvalue weighted by Crippen LogP contribution is 2.24. The number of hydrogen-bond donors (Lipinski definition) is 2. The number of likely N-dealkylation sites (tertiary alicyclic amines) is 1. The molecule has 0 amide bonds. The van der Waals surface area contributed by atoms with Crippen molar-refractivity contribution in [1.29, 1.82) is 0 Å². The van der Waals surface area contributed by atoms with Crippen LogP contribution in [-0.4, -0.2) is 49.6 Å². The van der Waals surface area contributed by atoms with Crippen LogP contribution in [-0.2, 0) is 0 Å². The number of nitrogens with one attached hydrogen (secondary N) is 2. The molecule has 3 rings (SSSR count). The van der Waals surface area contributed by atoms with Crippen LogP contribution < -0.4 is 10.6 Å². The van der Waals surface area contributed by atoms with Gasteiger partial charge in [-0.1, -0.05) is 0 Å². The maximum Gasteiger partial charge on any atom is 0.194 e. The van der Waals surface area contributed by atoms with E-state index in [4.69, 9.17) is 0 Å². The molecule has 0 aromatic heterocycles. The molecule has 14 heavy (non-hydrogen) atoms. The van der Waals surface area contributed by atoms with Gasteiger partial charge in [0.1, 0.15) is 0 Å². The molecule has 0 aromatic rings. The Bertz CT molecular complexity index is 237. The predicted octanol–water partition coefficient (Wildman–Crippen LogP) is -0.371. The third-order valence-electron chi connectivity index (χ3n) is 3.56. The molecule has 2 N–H and O–H groups in total. The minimum Gasteiger partial charge on any atom is -0.354 e. The van der Waals surface area contributed by atoms with Gasteiger partial charge in [-0.25, -0.2) is 0 Å². The van der Waals surface area contributed by atoms with Gasteiger partial charge in [-0.3, -0.25) is 4.99 Å². The van der Waals surface area contributed by atoms with Crippen LogP contribution in [0.3, 0.4) is 0 Å². The second kappa shape index (κ2) is 3.42. The first kappa shape index (κ1) is 8.53. The van der Waals surface area contributed by atoms with Crippen LogP contribution in [0.15, 0.2) is 4.99 Å². The quantitative estimate of drug-likeness (QED) is 0.553. The molecule has 3 aliphatic heterocycles. The molecule has 2 fully saturated rings. The first-order valence-corrected chi connectivity index (χ1v) is 5.70. The van der Waals surface area contributed by atoms with Crippen molar-refractivity contribution >= 4 is 5.96 Å². The number of aliphatic imine (C=N–C) groups is 1. The highest BCUT2D eigenvalue weighted by atomic mass is 15.3. The highest BCUT2D eigenvalue weighted by molar-refractivity contribution is 5.81. The molecule has 0 bridgehead atoms. The molecule has 3 aliphatic rings. The number of fused-ring (bicyclic) bond motifs is 1. The molecule has 0 aliphatic carbocycles. The fraction of sp³-hybridized carbons (Fsp3) is 0.900. The summed E-state index contributed by atoms with van der Waals surface area (Å²) in [5.74, 6) is 2.00. The monoisotopic (exact) mass is 194 g/mol. The summed E-state index contributed by atoms with van der Waals surface area (Å²) in [5.41, 5.74) is 0. The summed E-state index contributed by atoms with van der Waals surface area (Å²) in [6, 6.07) is 0.717. The van der Waals surface area contributed by atoms with Crippen LogP contribution >= 0.6 is 0 Å². The molecule has 3 heterocycles. The van der Waals surface area contributed by atoms with E-state index >= 15 is 0 Å². The van der Waals surface area contributed by atoms with E-state index in [-0.39, 0.29) is 0 Å². The van der Waals surface area contributed by atoms with Crippen molar-refractivity contribution in [2.24, 2.45) is 10.9 Å². The van der Waals surface area contributed by atoms with Crippen molar-refractivity contribution < 1.29 is 0 Å². The topological polar surface area (TPSA) is 39.7 Å². The highest BCUT2D eigenvalue weighted by Gasteiger charge is 2.35. The molecule has 0 spiro atoms. The Hall–Kier alpha value is -0.770. The van der Waals surface area contributed by atoms with Crippen molar-refractivity contribution in [1.82, 2.24) is 15.5 Å². The minimum atomic E-state index is 0.717. The summed E-state index contributed by atoms with van der Waals surface area (Å²) in [6.45, 7) is 5.53. The summed E-state index contributed by atoms with van der Waals surface area (Å²) < 4.78 is 0. The molecule has 2 atom stereocenters. The standard InChI is InChI=1S/C10H18N4/c1-2-8-6-14(7-9(8)11-3-1)10-12-4-5-13-10/h8-9,11H,1-7H2,(H,12,13). The minimum absolute atomic E-state index is 0.717. The van der Waals surface area contributed by atoms with Gasteiger partial charge in [-0.05, 0) is 25.3 Å². The summed E-state index contributed by atoms with van der Waals surface area (Å²) >= 11 is 0. The van der Waals surface area contributed by atoms with E-state index in [0.29, 0.717) is 6.04 Å². The van der Waals surface area contributed by atoms with E-state index < -0.39 is 0 Å². The Morgan fingerprint density at radius 2 is 2.29 bits per heavy atom. The average Bonchev–Trinajstić information content (AvgIpc) is 2.86. The molecule has 2 saturated heterocycles. The van der Waals surface area contributed by atoms with Gasteiger partial charge in [0.05, 0.1) is 6.54 Å². The SMILES string of the molecule is C1CNC2CN(C3=NCCN3)CC2C1. The molecule has 0 aromatic carbocycles. The normalized spacial score (nSPS) is 36.6. The Morgan fingerprint density at radius 1 is 1.29 bits per heavy atom. The van der Waals surface area contributed by atoms with Crippen LogP contribution in [0.4, 0.5) is 0 Å². The zero-order chi connectivity index (χ0) is 9.38.